The fraction of sp³-hybridized carbons (Fsp3) is 0.400. The summed E-state index contributed by atoms with van der Waals surface area (Å²) in [6.07, 6.45) is 2.84. The maximum Gasteiger partial charge on any atom is 0.251 e. The molecule has 26 heavy (non-hydrogen) atoms. The molecule has 1 aliphatic carbocycles. The summed E-state index contributed by atoms with van der Waals surface area (Å²) in [4.78, 5) is 25.5. The lowest BCUT2D eigenvalue weighted by Gasteiger charge is -2.18. The Hall–Kier alpha value is -2.18. The number of fused-ring (bicyclic) bond motifs is 1. The smallest absolute Gasteiger partial charge is 0.251 e. The molecule has 4 N–H and O–H groups in total. The van der Waals surface area contributed by atoms with Crippen LogP contribution in [0, 0.1) is 5.92 Å². The average Bonchev–Trinajstić information content (AvgIpc) is 2.97. The van der Waals surface area contributed by atoms with E-state index in [9.17, 15) is 9.59 Å². The van der Waals surface area contributed by atoms with E-state index in [1.807, 2.05) is 37.3 Å². The number of primary amides is 1. The van der Waals surface area contributed by atoms with Crippen molar-refractivity contribution < 1.29 is 9.59 Å². The van der Waals surface area contributed by atoms with Crippen molar-refractivity contribution in [2.45, 2.75) is 39.2 Å². The van der Waals surface area contributed by atoms with Crippen LogP contribution in [0.3, 0.4) is 0 Å². The number of anilines is 1. The van der Waals surface area contributed by atoms with Crippen LogP contribution in [-0.4, -0.2) is 18.4 Å². The third-order valence-corrected chi connectivity index (χ3v) is 6.05. The minimum Gasteiger partial charge on any atom is -0.365 e. The molecule has 0 unspecified atom stereocenters. The summed E-state index contributed by atoms with van der Waals surface area (Å²) in [5.74, 6) is -0.0290. The van der Waals surface area contributed by atoms with Crippen LogP contribution in [0.15, 0.2) is 30.3 Å². The molecule has 0 spiro atoms. The van der Waals surface area contributed by atoms with Gasteiger partial charge in [0.1, 0.15) is 5.00 Å². The van der Waals surface area contributed by atoms with Crippen LogP contribution < -0.4 is 16.4 Å². The molecule has 5 nitrogen and oxygen atoms in total. The van der Waals surface area contributed by atoms with E-state index in [1.165, 1.54) is 16.2 Å². The van der Waals surface area contributed by atoms with E-state index >= 15 is 0 Å². The lowest BCUT2D eigenvalue weighted by Crippen LogP contribution is -2.30. The highest BCUT2D eigenvalue weighted by Crippen LogP contribution is 2.39. The molecule has 6 heteroatoms. The number of nitrogens with two attached hydrogens (primary N) is 1. The number of hydrogen-bond donors (Lipinski definition) is 3. The molecule has 2 aromatic rings. The van der Waals surface area contributed by atoms with Gasteiger partial charge in [-0.05, 0) is 43.2 Å². The molecule has 0 fully saturated rings. The van der Waals surface area contributed by atoms with Gasteiger partial charge in [0.2, 0.25) is 5.91 Å². The van der Waals surface area contributed by atoms with Crippen molar-refractivity contribution in [3.05, 3.63) is 51.9 Å². The molecule has 0 saturated heterocycles. The number of hydrogen-bond acceptors (Lipinski definition) is 4. The number of rotatable bonds is 6. The van der Waals surface area contributed by atoms with Crippen molar-refractivity contribution in [3.63, 3.8) is 0 Å². The summed E-state index contributed by atoms with van der Waals surface area (Å²) in [5.41, 5.74) is 8.25. The van der Waals surface area contributed by atoms with Gasteiger partial charge in [0.15, 0.2) is 0 Å². The van der Waals surface area contributed by atoms with Crippen molar-refractivity contribution >= 4 is 28.2 Å². The van der Waals surface area contributed by atoms with Crippen LogP contribution >= 0.6 is 11.3 Å². The molecule has 0 saturated carbocycles. The number of carbonyl (C=O) groups excluding carboxylic acids is 2. The third kappa shape index (κ3) is 4.14. The van der Waals surface area contributed by atoms with Crippen molar-refractivity contribution in [3.8, 4) is 0 Å². The Morgan fingerprint density at radius 2 is 2.04 bits per heavy atom. The molecular formula is C20H25N3O2S. The monoisotopic (exact) mass is 371 g/mol. The minimum atomic E-state index is -0.460. The highest BCUT2D eigenvalue weighted by Gasteiger charge is 2.27. The Kier molecular flexibility index (Phi) is 5.74. The van der Waals surface area contributed by atoms with Gasteiger partial charge in [-0.25, -0.2) is 0 Å². The second kappa shape index (κ2) is 8.01. The Balaban J connectivity index is 1.67. The van der Waals surface area contributed by atoms with E-state index in [0.29, 0.717) is 16.5 Å². The lowest BCUT2D eigenvalue weighted by atomic mass is 9.88. The van der Waals surface area contributed by atoms with Gasteiger partial charge in [-0.2, -0.15) is 0 Å². The zero-order valence-corrected chi connectivity index (χ0v) is 16.0. The summed E-state index contributed by atoms with van der Waals surface area (Å²) in [7, 11) is 0. The van der Waals surface area contributed by atoms with Gasteiger partial charge < -0.3 is 16.4 Å². The fourth-order valence-corrected chi connectivity index (χ4v) is 4.81. The van der Waals surface area contributed by atoms with E-state index in [4.69, 9.17) is 5.73 Å². The summed E-state index contributed by atoms with van der Waals surface area (Å²) in [6.45, 7) is 4.40. The van der Waals surface area contributed by atoms with Crippen LogP contribution in [-0.2, 0) is 17.6 Å². The van der Waals surface area contributed by atoms with Crippen LogP contribution in [0.4, 0.5) is 5.00 Å². The topological polar surface area (TPSA) is 84.2 Å². The van der Waals surface area contributed by atoms with Gasteiger partial charge in [0, 0.05) is 10.9 Å². The van der Waals surface area contributed by atoms with E-state index < -0.39 is 5.91 Å². The summed E-state index contributed by atoms with van der Waals surface area (Å²) >= 11 is 1.49. The van der Waals surface area contributed by atoms with Crippen molar-refractivity contribution in [1.82, 2.24) is 5.32 Å². The van der Waals surface area contributed by atoms with E-state index in [2.05, 4.69) is 17.6 Å². The molecule has 1 aromatic carbocycles. The molecule has 1 aliphatic rings. The number of thiophene rings is 1. The molecule has 1 heterocycles. The first-order valence-corrected chi connectivity index (χ1v) is 9.80. The largest absolute Gasteiger partial charge is 0.365 e. The molecule has 3 rings (SSSR count). The molecule has 0 bridgehead atoms. The first kappa shape index (κ1) is 18.6. The summed E-state index contributed by atoms with van der Waals surface area (Å²) < 4.78 is 0. The average molecular weight is 372 g/mol. The van der Waals surface area contributed by atoms with E-state index in [-0.39, 0.29) is 18.5 Å². The predicted octanol–water partition coefficient (Wildman–Crippen LogP) is 3.26. The fourth-order valence-electron chi connectivity index (χ4n) is 3.38. The van der Waals surface area contributed by atoms with E-state index in [0.717, 1.165) is 30.4 Å². The van der Waals surface area contributed by atoms with Crippen molar-refractivity contribution in [2.75, 3.05) is 11.9 Å². The standard InChI is InChI=1S/C20H25N3O2S/c1-12-8-9-15-16(10-12)26-20(18(15)19(21)25)23-17(24)11-22-13(2)14-6-4-3-5-7-14/h3-7,12-13,22H,8-11H2,1-2H3,(H2,21,25)(H,23,24)/t12-,13-/m1/s1. The lowest BCUT2D eigenvalue weighted by molar-refractivity contribution is -0.115. The highest BCUT2D eigenvalue weighted by atomic mass is 32.1. The first-order valence-electron chi connectivity index (χ1n) is 8.98. The van der Waals surface area contributed by atoms with Gasteiger partial charge in [0.05, 0.1) is 12.1 Å². The maximum absolute atomic E-state index is 12.4. The van der Waals surface area contributed by atoms with Crippen LogP contribution in [0.5, 0.6) is 0 Å². The van der Waals surface area contributed by atoms with Gasteiger partial charge in [-0.1, -0.05) is 37.3 Å². The molecule has 2 amide bonds. The minimum absolute atomic E-state index is 0.0648. The second-order valence-electron chi connectivity index (χ2n) is 6.98. The third-order valence-electron chi connectivity index (χ3n) is 4.88. The molecular weight excluding hydrogens is 346 g/mol. The van der Waals surface area contributed by atoms with Gasteiger partial charge in [0.25, 0.3) is 5.91 Å². The predicted molar refractivity (Wildman–Crippen MR) is 106 cm³/mol. The normalized spacial score (nSPS) is 17.4. The van der Waals surface area contributed by atoms with Gasteiger partial charge in [-0.15, -0.1) is 11.3 Å². The van der Waals surface area contributed by atoms with Gasteiger partial charge in [-0.3, -0.25) is 9.59 Å². The van der Waals surface area contributed by atoms with Crippen molar-refractivity contribution in [1.29, 1.82) is 0 Å². The SMILES string of the molecule is C[C@@H]1CCc2c(sc(NC(=O)CN[C@H](C)c3ccccc3)c2C(N)=O)C1. The van der Waals surface area contributed by atoms with Crippen molar-refractivity contribution in [2.24, 2.45) is 11.7 Å². The zero-order chi connectivity index (χ0) is 18.7. The Labute approximate surface area is 158 Å². The number of benzene rings is 1. The van der Waals surface area contributed by atoms with Crippen LogP contribution in [0.25, 0.3) is 0 Å². The Bertz CT molecular complexity index is 801. The number of carbonyl (C=O) groups is 2. The van der Waals surface area contributed by atoms with Crippen LogP contribution in [0.2, 0.25) is 0 Å². The zero-order valence-electron chi connectivity index (χ0n) is 15.2. The maximum atomic E-state index is 12.4. The van der Waals surface area contributed by atoms with Gasteiger partial charge >= 0.3 is 0 Å². The Morgan fingerprint density at radius 1 is 1.31 bits per heavy atom. The number of nitrogens with one attached hydrogen (secondary N) is 2. The quantitative estimate of drug-likeness (QED) is 0.729. The highest BCUT2D eigenvalue weighted by molar-refractivity contribution is 7.17. The molecule has 0 aliphatic heterocycles. The first-order chi connectivity index (χ1) is 12.5. The second-order valence-corrected chi connectivity index (χ2v) is 8.09. The molecule has 1 aromatic heterocycles. The van der Waals surface area contributed by atoms with E-state index in [1.54, 1.807) is 0 Å². The van der Waals surface area contributed by atoms with Crippen LogP contribution in [0.1, 0.15) is 52.7 Å². The Morgan fingerprint density at radius 3 is 2.73 bits per heavy atom. The molecule has 0 radical (unpaired) electrons. The summed E-state index contributed by atoms with van der Waals surface area (Å²) in [5, 5.41) is 6.69. The number of amides is 2. The molecule has 138 valence electrons. The summed E-state index contributed by atoms with van der Waals surface area (Å²) in [6, 6.07) is 10.0. The molecule has 2 atom stereocenters.